The van der Waals surface area contributed by atoms with Gasteiger partial charge in [-0.1, -0.05) is 30.3 Å². The molecule has 2 N–H and O–H groups in total. The molecule has 1 unspecified atom stereocenters. The van der Waals surface area contributed by atoms with Gasteiger partial charge in [0.25, 0.3) is 5.91 Å². The standard InChI is InChI=1S/C23H26N4O5/c1-3-26-22(30)19(15-21(29)24-17-10-12-18(32-2)13-11-17)27(23(26)31)25-20(28)14-9-16-7-5-4-6-8-16/h4-8,10-13,19H,3,9,14-15H2,1-2H3,(H,24,29)(H,25,28). The summed E-state index contributed by atoms with van der Waals surface area (Å²) in [4.78, 5) is 51.4. The molecule has 1 saturated heterocycles. The second-order valence-electron chi connectivity index (χ2n) is 7.25. The quantitative estimate of drug-likeness (QED) is 0.585. The number of rotatable bonds is 9. The maximum absolute atomic E-state index is 12.7. The first-order valence-electron chi connectivity index (χ1n) is 10.3. The molecule has 2 aromatic carbocycles. The van der Waals surface area contributed by atoms with Gasteiger partial charge >= 0.3 is 6.03 Å². The summed E-state index contributed by atoms with van der Waals surface area (Å²) in [6.07, 6.45) is 0.341. The Hall–Kier alpha value is -3.88. The number of nitrogens with one attached hydrogen (secondary N) is 2. The summed E-state index contributed by atoms with van der Waals surface area (Å²) in [6, 6.07) is 14.4. The highest BCUT2D eigenvalue weighted by Gasteiger charge is 2.46. The van der Waals surface area contributed by atoms with Gasteiger partial charge in [-0.05, 0) is 43.2 Å². The number of methoxy groups -OCH3 is 1. The number of benzene rings is 2. The van der Waals surface area contributed by atoms with E-state index < -0.39 is 29.8 Å². The molecular formula is C23H26N4O5. The smallest absolute Gasteiger partial charge is 0.346 e. The van der Waals surface area contributed by atoms with Crippen molar-refractivity contribution < 1.29 is 23.9 Å². The van der Waals surface area contributed by atoms with Crippen molar-refractivity contribution in [3.05, 3.63) is 60.2 Å². The second kappa shape index (κ2) is 10.4. The van der Waals surface area contributed by atoms with Crippen molar-refractivity contribution in [3.8, 4) is 5.75 Å². The van der Waals surface area contributed by atoms with E-state index in [4.69, 9.17) is 4.74 Å². The maximum atomic E-state index is 12.7. The van der Waals surface area contributed by atoms with Crippen LogP contribution in [0.3, 0.4) is 0 Å². The molecule has 0 bridgehead atoms. The van der Waals surface area contributed by atoms with E-state index in [0.717, 1.165) is 15.5 Å². The Labute approximate surface area is 186 Å². The lowest BCUT2D eigenvalue weighted by Crippen LogP contribution is -2.49. The van der Waals surface area contributed by atoms with Crippen molar-refractivity contribution in [1.82, 2.24) is 15.3 Å². The molecule has 32 heavy (non-hydrogen) atoms. The third-order valence-corrected chi connectivity index (χ3v) is 5.10. The van der Waals surface area contributed by atoms with E-state index in [1.165, 1.54) is 0 Å². The Balaban J connectivity index is 1.64. The van der Waals surface area contributed by atoms with Gasteiger partial charge in [0, 0.05) is 18.7 Å². The third kappa shape index (κ3) is 5.42. The molecule has 0 spiro atoms. The first-order valence-corrected chi connectivity index (χ1v) is 10.3. The van der Waals surface area contributed by atoms with Gasteiger partial charge in [-0.2, -0.15) is 0 Å². The van der Waals surface area contributed by atoms with Crippen molar-refractivity contribution in [2.45, 2.75) is 32.2 Å². The van der Waals surface area contributed by atoms with E-state index in [-0.39, 0.29) is 19.4 Å². The summed E-state index contributed by atoms with van der Waals surface area (Å²) < 4.78 is 5.08. The number of aryl methyl sites for hydroxylation is 1. The number of urea groups is 1. The van der Waals surface area contributed by atoms with Crippen LogP contribution in [0.25, 0.3) is 0 Å². The van der Waals surface area contributed by atoms with Crippen molar-refractivity contribution in [2.24, 2.45) is 0 Å². The molecule has 1 heterocycles. The van der Waals surface area contributed by atoms with Gasteiger partial charge in [0.05, 0.1) is 13.5 Å². The number of ether oxygens (including phenoxy) is 1. The predicted molar refractivity (Wildman–Crippen MR) is 118 cm³/mol. The van der Waals surface area contributed by atoms with Gasteiger partial charge in [0.1, 0.15) is 11.8 Å². The molecule has 3 rings (SSSR count). The number of carbonyl (C=O) groups excluding carboxylic acids is 4. The van der Waals surface area contributed by atoms with Crippen LogP contribution < -0.4 is 15.5 Å². The summed E-state index contributed by atoms with van der Waals surface area (Å²) >= 11 is 0. The summed E-state index contributed by atoms with van der Waals surface area (Å²) in [5.74, 6) is -0.746. The highest BCUT2D eigenvalue weighted by molar-refractivity contribution is 6.07. The van der Waals surface area contributed by atoms with E-state index in [1.807, 2.05) is 30.3 Å². The van der Waals surface area contributed by atoms with Crippen molar-refractivity contribution in [1.29, 1.82) is 0 Å². The molecule has 0 aliphatic carbocycles. The lowest BCUT2D eigenvalue weighted by atomic mass is 10.1. The molecule has 9 nitrogen and oxygen atoms in total. The van der Waals surface area contributed by atoms with Gasteiger partial charge in [0.2, 0.25) is 11.8 Å². The zero-order valence-corrected chi connectivity index (χ0v) is 18.0. The molecule has 1 fully saturated rings. The van der Waals surface area contributed by atoms with Crippen LogP contribution in [0.15, 0.2) is 54.6 Å². The van der Waals surface area contributed by atoms with Crippen LogP contribution in [-0.4, -0.2) is 53.4 Å². The Kier molecular flexibility index (Phi) is 7.43. The van der Waals surface area contributed by atoms with Crippen LogP contribution in [0.1, 0.15) is 25.3 Å². The van der Waals surface area contributed by atoms with Gasteiger partial charge in [-0.3, -0.25) is 24.7 Å². The molecule has 5 amide bonds. The molecule has 1 aliphatic heterocycles. The highest BCUT2D eigenvalue weighted by atomic mass is 16.5. The van der Waals surface area contributed by atoms with Gasteiger partial charge < -0.3 is 10.1 Å². The summed E-state index contributed by atoms with van der Waals surface area (Å²) in [6.45, 7) is 1.80. The number of imide groups is 1. The molecular weight excluding hydrogens is 412 g/mol. The van der Waals surface area contributed by atoms with E-state index in [0.29, 0.717) is 17.9 Å². The zero-order chi connectivity index (χ0) is 23.1. The number of anilines is 1. The van der Waals surface area contributed by atoms with Crippen LogP contribution in [0, 0.1) is 0 Å². The Bertz CT molecular complexity index is 978. The normalized spacial score (nSPS) is 15.6. The lowest BCUT2D eigenvalue weighted by Gasteiger charge is -2.22. The number of hydrogen-bond donors (Lipinski definition) is 2. The van der Waals surface area contributed by atoms with Crippen LogP contribution in [-0.2, 0) is 20.8 Å². The molecule has 0 aromatic heterocycles. The minimum absolute atomic E-state index is 0.138. The Morgan fingerprint density at radius 2 is 1.69 bits per heavy atom. The van der Waals surface area contributed by atoms with E-state index in [9.17, 15) is 19.2 Å². The van der Waals surface area contributed by atoms with Crippen molar-refractivity contribution >= 4 is 29.4 Å². The minimum atomic E-state index is -1.11. The van der Waals surface area contributed by atoms with Crippen LogP contribution in [0.2, 0.25) is 0 Å². The number of hydrogen-bond acceptors (Lipinski definition) is 5. The first kappa shape index (κ1) is 22.8. The lowest BCUT2D eigenvalue weighted by molar-refractivity contribution is -0.132. The number of likely N-dealkylation sites (N-methyl/N-ethyl adjacent to an activating group) is 1. The van der Waals surface area contributed by atoms with Crippen molar-refractivity contribution in [2.75, 3.05) is 19.0 Å². The Morgan fingerprint density at radius 1 is 1.00 bits per heavy atom. The SMILES string of the molecule is CCN1C(=O)C(CC(=O)Nc2ccc(OC)cc2)N(NC(=O)CCc2ccccc2)C1=O. The van der Waals surface area contributed by atoms with E-state index in [2.05, 4.69) is 10.7 Å². The monoisotopic (exact) mass is 438 g/mol. The fourth-order valence-electron chi connectivity index (χ4n) is 3.40. The molecule has 0 radical (unpaired) electrons. The Morgan fingerprint density at radius 3 is 2.31 bits per heavy atom. The van der Waals surface area contributed by atoms with Crippen LogP contribution in [0.5, 0.6) is 5.75 Å². The van der Waals surface area contributed by atoms with Crippen molar-refractivity contribution in [3.63, 3.8) is 0 Å². The zero-order valence-electron chi connectivity index (χ0n) is 18.0. The molecule has 0 saturated carbocycles. The minimum Gasteiger partial charge on any atom is -0.497 e. The number of carbonyl (C=O) groups is 4. The molecule has 1 aliphatic rings. The molecule has 168 valence electrons. The van der Waals surface area contributed by atoms with Gasteiger partial charge in [-0.15, -0.1) is 0 Å². The largest absolute Gasteiger partial charge is 0.497 e. The van der Waals surface area contributed by atoms with Crippen LogP contribution in [0.4, 0.5) is 10.5 Å². The summed E-state index contributed by atoms with van der Waals surface area (Å²) in [5.41, 5.74) is 4.02. The number of nitrogens with zero attached hydrogens (tertiary/aromatic N) is 2. The summed E-state index contributed by atoms with van der Waals surface area (Å²) in [5, 5.41) is 3.66. The first-order chi connectivity index (χ1) is 15.4. The maximum Gasteiger partial charge on any atom is 0.346 e. The second-order valence-corrected chi connectivity index (χ2v) is 7.25. The van der Waals surface area contributed by atoms with Gasteiger partial charge in [0.15, 0.2) is 0 Å². The highest BCUT2D eigenvalue weighted by Crippen LogP contribution is 2.20. The van der Waals surface area contributed by atoms with E-state index in [1.54, 1.807) is 38.3 Å². The molecule has 1 atom stereocenters. The fraction of sp³-hybridized carbons (Fsp3) is 0.304. The predicted octanol–water partition coefficient (Wildman–Crippen LogP) is 2.34. The average Bonchev–Trinajstić information content (AvgIpc) is 3.02. The third-order valence-electron chi connectivity index (χ3n) is 5.10. The van der Waals surface area contributed by atoms with Gasteiger partial charge in [-0.25, -0.2) is 9.80 Å². The van der Waals surface area contributed by atoms with Crippen LogP contribution >= 0.6 is 0 Å². The number of hydrazine groups is 1. The number of amides is 5. The molecule has 2 aromatic rings. The van der Waals surface area contributed by atoms with E-state index >= 15 is 0 Å². The summed E-state index contributed by atoms with van der Waals surface area (Å²) in [7, 11) is 1.54. The topological polar surface area (TPSA) is 108 Å². The molecule has 9 heteroatoms. The fourth-order valence-corrected chi connectivity index (χ4v) is 3.40. The average molecular weight is 438 g/mol.